The predicted octanol–water partition coefficient (Wildman–Crippen LogP) is 4.14. The molecular weight excluding hydrogens is 416 g/mol. The molecule has 0 spiro atoms. The zero-order valence-corrected chi connectivity index (χ0v) is 20.1. The molecule has 1 amide bonds. The largest absolute Gasteiger partial charge is 0.497 e. The lowest BCUT2D eigenvalue weighted by atomic mass is 10.0. The van der Waals surface area contributed by atoms with Gasteiger partial charge < -0.3 is 9.64 Å². The Morgan fingerprint density at radius 2 is 1.82 bits per heavy atom. The van der Waals surface area contributed by atoms with Gasteiger partial charge >= 0.3 is 0 Å². The fourth-order valence-electron chi connectivity index (χ4n) is 4.10. The van der Waals surface area contributed by atoms with Crippen LogP contribution in [0.4, 0.5) is 0 Å². The highest BCUT2D eigenvalue weighted by Crippen LogP contribution is 2.29. The molecule has 172 valence electrons. The molecule has 0 aliphatic rings. The molecule has 0 saturated carbocycles. The summed E-state index contributed by atoms with van der Waals surface area (Å²) in [6, 6.07) is 9.56. The van der Waals surface area contributed by atoms with Gasteiger partial charge in [0.25, 0.3) is 5.91 Å². The quantitative estimate of drug-likeness (QED) is 0.426. The number of benzene rings is 1. The first-order valence-electron chi connectivity index (χ1n) is 11.2. The number of pyridine rings is 1. The van der Waals surface area contributed by atoms with Crippen molar-refractivity contribution in [3.8, 4) is 17.0 Å². The third-order valence-electron chi connectivity index (χ3n) is 5.99. The van der Waals surface area contributed by atoms with Crippen LogP contribution >= 0.6 is 0 Å². The summed E-state index contributed by atoms with van der Waals surface area (Å²) in [5.41, 5.74) is 5.72. The zero-order valence-electron chi connectivity index (χ0n) is 20.1. The van der Waals surface area contributed by atoms with E-state index in [0.717, 1.165) is 45.9 Å². The maximum atomic E-state index is 13.8. The SMILES string of the molecule is CCN(Cc1cn(CC)nc1C)C(=O)c1cc(-c2ccc(OC)cc2)nc2c1c(C)nn2C. The molecule has 0 aliphatic heterocycles. The third-order valence-corrected chi connectivity index (χ3v) is 5.99. The van der Waals surface area contributed by atoms with Gasteiger partial charge in [-0.3, -0.25) is 14.2 Å². The summed E-state index contributed by atoms with van der Waals surface area (Å²) in [5.74, 6) is 0.729. The minimum atomic E-state index is -0.0422. The lowest BCUT2D eigenvalue weighted by molar-refractivity contribution is 0.0754. The molecule has 0 N–H and O–H groups in total. The molecule has 0 unspecified atom stereocenters. The molecule has 0 bridgehead atoms. The summed E-state index contributed by atoms with van der Waals surface area (Å²) in [6.07, 6.45) is 2.02. The second-order valence-corrected chi connectivity index (χ2v) is 8.11. The van der Waals surface area contributed by atoms with Crippen LogP contribution < -0.4 is 4.74 Å². The number of carbonyl (C=O) groups is 1. The van der Waals surface area contributed by atoms with Gasteiger partial charge in [-0.1, -0.05) is 0 Å². The number of nitrogens with zero attached hydrogens (tertiary/aromatic N) is 6. The number of ether oxygens (including phenoxy) is 1. The number of hydrogen-bond donors (Lipinski definition) is 0. The second-order valence-electron chi connectivity index (χ2n) is 8.11. The van der Waals surface area contributed by atoms with Gasteiger partial charge in [0, 0.05) is 44.0 Å². The van der Waals surface area contributed by atoms with Gasteiger partial charge in [-0.05, 0) is 58.0 Å². The highest BCUT2D eigenvalue weighted by Gasteiger charge is 2.24. The fourth-order valence-corrected chi connectivity index (χ4v) is 4.10. The van der Waals surface area contributed by atoms with Gasteiger partial charge in [0.05, 0.1) is 35.1 Å². The normalized spacial score (nSPS) is 11.2. The summed E-state index contributed by atoms with van der Waals surface area (Å²) in [7, 11) is 3.49. The molecule has 0 fully saturated rings. The van der Waals surface area contributed by atoms with E-state index in [9.17, 15) is 4.79 Å². The van der Waals surface area contributed by atoms with Crippen LogP contribution in [0.15, 0.2) is 36.5 Å². The van der Waals surface area contributed by atoms with Crippen molar-refractivity contribution in [1.82, 2.24) is 29.4 Å². The minimum Gasteiger partial charge on any atom is -0.497 e. The molecule has 4 aromatic rings. The maximum absolute atomic E-state index is 13.8. The van der Waals surface area contributed by atoms with Crippen LogP contribution in [0, 0.1) is 13.8 Å². The maximum Gasteiger partial charge on any atom is 0.255 e. The Hall–Kier alpha value is -3.68. The van der Waals surface area contributed by atoms with Gasteiger partial charge in [-0.2, -0.15) is 10.2 Å². The van der Waals surface area contributed by atoms with Crippen LogP contribution in [0.25, 0.3) is 22.3 Å². The molecule has 8 heteroatoms. The van der Waals surface area contributed by atoms with E-state index in [1.165, 1.54) is 0 Å². The van der Waals surface area contributed by atoms with Gasteiger partial charge in [0.15, 0.2) is 5.65 Å². The van der Waals surface area contributed by atoms with E-state index < -0.39 is 0 Å². The van der Waals surface area contributed by atoms with Crippen LogP contribution in [0.1, 0.15) is 41.2 Å². The average Bonchev–Trinajstić information content (AvgIpc) is 3.34. The van der Waals surface area contributed by atoms with Crippen LogP contribution in [0.2, 0.25) is 0 Å². The lowest BCUT2D eigenvalue weighted by Gasteiger charge is -2.21. The summed E-state index contributed by atoms with van der Waals surface area (Å²) in [6.45, 7) is 9.83. The Balaban J connectivity index is 1.79. The molecular formula is C25H30N6O2. The Labute approximate surface area is 193 Å². The number of amides is 1. The molecule has 0 aliphatic carbocycles. The van der Waals surface area contributed by atoms with Crippen molar-refractivity contribution < 1.29 is 9.53 Å². The van der Waals surface area contributed by atoms with E-state index in [-0.39, 0.29) is 5.91 Å². The van der Waals surface area contributed by atoms with E-state index in [0.29, 0.717) is 24.3 Å². The Bertz CT molecular complexity index is 1300. The van der Waals surface area contributed by atoms with Crippen molar-refractivity contribution in [3.63, 3.8) is 0 Å². The number of fused-ring (bicyclic) bond motifs is 1. The first-order valence-corrected chi connectivity index (χ1v) is 11.2. The topological polar surface area (TPSA) is 78.1 Å². The molecule has 8 nitrogen and oxygen atoms in total. The first kappa shape index (κ1) is 22.5. The molecule has 4 rings (SSSR count). The van der Waals surface area contributed by atoms with Crippen molar-refractivity contribution in [1.29, 1.82) is 0 Å². The van der Waals surface area contributed by atoms with Crippen molar-refractivity contribution >= 4 is 16.9 Å². The summed E-state index contributed by atoms with van der Waals surface area (Å²) in [5, 5.41) is 9.86. The molecule has 33 heavy (non-hydrogen) atoms. The van der Waals surface area contributed by atoms with Gasteiger partial charge in [-0.25, -0.2) is 4.98 Å². The molecule has 3 heterocycles. The Morgan fingerprint density at radius 3 is 2.42 bits per heavy atom. The predicted molar refractivity (Wildman–Crippen MR) is 128 cm³/mol. The van der Waals surface area contributed by atoms with Gasteiger partial charge in [-0.15, -0.1) is 0 Å². The number of aromatic nitrogens is 5. The second kappa shape index (κ2) is 9.05. The van der Waals surface area contributed by atoms with E-state index >= 15 is 0 Å². The molecule has 0 radical (unpaired) electrons. The standard InChI is InChI=1S/C25H30N6O2/c1-7-30(14-19-15-31(8-2)28-16(19)3)25(32)21-13-22(18-9-11-20(33-6)12-10-18)26-24-23(21)17(4)27-29(24)5/h9-13,15H,7-8,14H2,1-6H3. The van der Waals surface area contributed by atoms with Crippen molar-refractivity contribution in [3.05, 3.63) is 59.0 Å². The summed E-state index contributed by atoms with van der Waals surface area (Å²) < 4.78 is 8.92. The number of methoxy groups -OCH3 is 1. The van der Waals surface area contributed by atoms with E-state index in [1.54, 1.807) is 11.8 Å². The van der Waals surface area contributed by atoms with Crippen molar-refractivity contribution in [2.75, 3.05) is 13.7 Å². The first-order chi connectivity index (χ1) is 15.9. The minimum absolute atomic E-state index is 0.0422. The highest BCUT2D eigenvalue weighted by molar-refractivity contribution is 6.07. The number of rotatable bonds is 7. The number of carbonyl (C=O) groups excluding carboxylic acids is 1. The fraction of sp³-hybridized carbons (Fsp3) is 0.360. The highest BCUT2D eigenvalue weighted by atomic mass is 16.5. The van der Waals surface area contributed by atoms with Crippen molar-refractivity contribution in [2.45, 2.75) is 40.8 Å². The van der Waals surface area contributed by atoms with E-state index in [4.69, 9.17) is 9.72 Å². The molecule has 0 saturated heterocycles. The third kappa shape index (κ3) is 4.20. The Morgan fingerprint density at radius 1 is 1.09 bits per heavy atom. The van der Waals surface area contributed by atoms with Crippen LogP contribution in [-0.4, -0.2) is 49.0 Å². The molecule has 0 atom stereocenters. The Kier molecular flexibility index (Phi) is 6.18. The number of hydrogen-bond acceptors (Lipinski definition) is 5. The summed E-state index contributed by atoms with van der Waals surface area (Å²) >= 11 is 0. The molecule has 3 aromatic heterocycles. The van der Waals surface area contributed by atoms with Crippen LogP contribution in [-0.2, 0) is 20.1 Å². The van der Waals surface area contributed by atoms with Crippen LogP contribution in [0.5, 0.6) is 5.75 Å². The smallest absolute Gasteiger partial charge is 0.255 e. The average molecular weight is 447 g/mol. The molecule has 1 aromatic carbocycles. The monoisotopic (exact) mass is 446 g/mol. The van der Waals surface area contributed by atoms with Crippen LogP contribution in [0.3, 0.4) is 0 Å². The van der Waals surface area contributed by atoms with Gasteiger partial charge in [0.1, 0.15) is 5.75 Å². The lowest BCUT2D eigenvalue weighted by Crippen LogP contribution is -2.30. The zero-order chi connectivity index (χ0) is 23.7. The number of aryl methyl sites for hydroxylation is 4. The summed E-state index contributed by atoms with van der Waals surface area (Å²) in [4.78, 5) is 20.5. The van der Waals surface area contributed by atoms with E-state index in [2.05, 4.69) is 17.1 Å². The van der Waals surface area contributed by atoms with E-state index in [1.807, 2.05) is 73.9 Å². The van der Waals surface area contributed by atoms with Gasteiger partial charge in [0.2, 0.25) is 0 Å². The van der Waals surface area contributed by atoms with Crippen molar-refractivity contribution in [2.24, 2.45) is 7.05 Å².